The van der Waals surface area contributed by atoms with Crippen molar-refractivity contribution in [3.05, 3.63) is 0 Å². The van der Waals surface area contributed by atoms with Crippen LogP contribution in [0.3, 0.4) is 0 Å². The van der Waals surface area contributed by atoms with Crippen LogP contribution in [0.1, 0.15) is 110 Å². The summed E-state index contributed by atoms with van der Waals surface area (Å²) < 4.78 is 33.9. The SMILES string of the molecule is CCCCCC(O)CCCCCCCC(CCCCC)S(=O)(=O)[O-].[K+]. The van der Waals surface area contributed by atoms with Gasteiger partial charge in [-0.2, -0.15) is 0 Å². The van der Waals surface area contributed by atoms with E-state index in [9.17, 15) is 18.1 Å². The molecule has 0 heterocycles. The number of unbranched alkanes of at least 4 members (excludes halogenated alkanes) is 8. The fourth-order valence-corrected chi connectivity index (χ4v) is 4.02. The minimum absolute atomic E-state index is 0. The Bertz CT molecular complexity index is 374. The van der Waals surface area contributed by atoms with Crippen LogP contribution in [-0.4, -0.2) is 29.4 Å². The van der Waals surface area contributed by atoms with E-state index in [4.69, 9.17) is 0 Å². The van der Waals surface area contributed by atoms with Gasteiger partial charge in [0.1, 0.15) is 0 Å². The summed E-state index contributed by atoms with van der Waals surface area (Å²) in [6.07, 6.45) is 14.0. The first-order chi connectivity index (χ1) is 11.4. The zero-order chi connectivity index (χ0) is 18.3. The fraction of sp³-hybridized carbons (Fsp3) is 1.00. The maximum atomic E-state index is 11.3. The van der Waals surface area contributed by atoms with Crippen molar-refractivity contribution in [1.82, 2.24) is 0 Å². The summed E-state index contributed by atoms with van der Waals surface area (Å²) >= 11 is 0. The molecule has 0 fully saturated rings. The molecule has 0 rings (SSSR count). The molecule has 146 valence electrons. The molecule has 4 nitrogen and oxygen atoms in total. The molecule has 0 aliphatic carbocycles. The molecular formula is C19H39KO4S. The van der Waals surface area contributed by atoms with Crippen molar-refractivity contribution >= 4 is 10.1 Å². The normalized spacial score (nSPS) is 14.1. The molecule has 0 saturated carbocycles. The molecule has 0 amide bonds. The summed E-state index contributed by atoms with van der Waals surface area (Å²) in [6.45, 7) is 4.24. The minimum Gasteiger partial charge on any atom is -0.748 e. The van der Waals surface area contributed by atoms with E-state index in [0.29, 0.717) is 12.8 Å². The molecule has 0 aliphatic rings. The molecule has 6 heteroatoms. The Hall–Kier alpha value is 1.51. The maximum absolute atomic E-state index is 11.3. The topological polar surface area (TPSA) is 77.4 Å². The van der Waals surface area contributed by atoms with Gasteiger partial charge in [-0.15, -0.1) is 0 Å². The first-order valence-corrected chi connectivity index (χ1v) is 11.5. The second-order valence-corrected chi connectivity index (χ2v) is 8.76. The summed E-state index contributed by atoms with van der Waals surface area (Å²) in [5.41, 5.74) is 0. The van der Waals surface area contributed by atoms with Crippen molar-refractivity contribution < 1.29 is 69.5 Å². The average Bonchev–Trinajstić information content (AvgIpc) is 2.51. The molecule has 0 radical (unpaired) electrons. The Balaban J connectivity index is 0. The van der Waals surface area contributed by atoms with Gasteiger partial charge < -0.3 is 9.66 Å². The van der Waals surface area contributed by atoms with Gasteiger partial charge >= 0.3 is 51.4 Å². The van der Waals surface area contributed by atoms with E-state index >= 15 is 0 Å². The number of rotatable bonds is 17. The molecule has 1 N–H and O–H groups in total. The van der Waals surface area contributed by atoms with Gasteiger partial charge in [0.05, 0.1) is 16.2 Å². The number of aliphatic hydroxyl groups excluding tert-OH is 1. The third kappa shape index (κ3) is 18.6. The van der Waals surface area contributed by atoms with Crippen LogP contribution < -0.4 is 51.4 Å². The zero-order valence-corrected chi connectivity index (χ0v) is 20.8. The van der Waals surface area contributed by atoms with E-state index in [0.717, 1.165) is 70.6 Å². The number of hydrogen-bond acceptors (Lipinski definition) is 4. The molecule has 2 unspecified atom stereocenters. The zero-order valence-electron chi connectivity index (χ0n) is 16.8. The third-order valence-corrected chi connectivity index (χ3v) is 6.03. The molecule has 0 aromatic carbocycles. The molecule has 0 aromatic heterocycles. The van der Waals surface area contributed by atoms with E-state index in [-0.39, 0.29) is 57.5 Å². The van der Waals surface area contributed by atoms with Gasteiger partial charge in [0.15, 0.2) is 0 Å². The van der Waals surface area contributed by atoms with Crippen LogP contribution in [0.15, 0.2) is 0 Å². The van der Waals surface area contributed by atoms with Crippen molar-refractivity contribution in [3.8, 4) is 0 Å². The smallest absolute Gasteiger partial charge is 0.748 e. The van der Waals surface area contributed by atoms with Crippen LogP contribution in [-0.2, 0) is 10.1 Å². The molecule has 0 spiro atoms. The summed E-state index contributed by atoms with van der Waals surface area (Å²) in [6, 6.07) is 0. The standard InChI is InChI=1S/C19H40O4S.K/c1-3-5-10-14-18(20)15-12-8-7-9-13-17-19(24(21,22)23)16-11-6-4-2;/h18-20H,3-17H2,1-2H3,(H,21,22,23);/q;+1/p-1. The van der Waals surface area contributed by atoms with Gasteiger partial charge in [0, 0.05) is 5.25 Å². The summed E-state index contributed by atoms with van der Waals surface area (Å²) in [5, 5.41) is 9.15. The van der Waals surface area contributed by atoms with Gasteiger partial charge in [-0.05, 0) is 25.7 Å². The van der Waals surface area contributed by atoms with E-state index in [2.05, 4.69) is 13.8 Å². The van der Waals surface area contributed by atoms with Gasteiger partial charge in [-0.1, -0.05) is 84.5 Å². The quantitative estimate of drug-likeness (QED) is 0.230. The Labute approximate surface area is 199 Å². The monoisotopic (exact) mass is 402 g/mol. The maximum Gasteiger partial charge on any atom is 1.00 e. The van der Waals surface area contributed by atoms with E-state index in [1.165, 1.54) is 12.8 Å². The van der Waals surface area contributed by atoms with E-state index in [1.807, 2.05) is 0 Å². The first kappa shape index (κ1) is 28.7. The van der Waals surface area contributed by atoms with Crippen LogP contribution in [0.4, 0.5) is 0 Å². The van der Waals surface area contributed by atoms with E-state index < -0.39 is 15.4 Å². The Kier molecular flexibility index (Phi) is 21.7. The van der Waals surface area contributed by atoms with Crippen molar-refractivity contribution in [2.75, 3.05) is 0 Å². The first-order valence-electron chi connectivity index (χ1n) is 10.0. The van der Waals surface area contributed by atoms with Gasteiger partial charge in [0.25, 0.3) is 0 Å². The fourth-order valence-electron chi connectivity index (χ4n) is 3.11. The average molecular weight is 403 g/mol. The van der Waals surface area contributed by atoms with Crippen molar-refractivity contribution in [2.45, 2.75) is 122 Å². The minimum atomic E-state index is -4.15. The molecule has 0 bridgehead atoms. The Morgan fingerprint density at radius 1 is 0.720 bits per heavy atom. The van der Waals surface area contributed by atoms with Gasteiger partial charge in [-0.3, -0.25) is 0 Å². The molecule has 0 aliphatic heterocycles. The van der Waals surface area contributed by atoms with Crippen LogP contribution in [0.25, 0.3) is 0 Å². The van der Waals surface area contributed by atoms with Crippen LogP contribution in [0.2, 0.25) is 0 Å². The van der Waals surface area contributed by atoms with Crippen LogP contribution >= 0.6 is 0 Å². The number of hydrogen-bond donors (Lipinski definition) is 1. The second kappa shape index (κ2) is 18.9. The molecule has 25 heavy (non-hydrogen) atoms. The molecular weight excluding hydrogens is 363 g/mol. The molecule has 0 saturated heterocycles. The summed E-state index contributed by atoms with van der Waals surface area (Å²) in [5.74, 6) is 0. The van der Waals surface area contributed by atoms with E-state index in [1.54, 1.807) is 0 Å². The Morgan fingerprint density at radius 2 is 1.08 bits per heavy atom. The summed E-state index contributed by atoms with van der Waals surface area (Å²) in [7, 11) is -4.15. The number of aliphatic hydroxyl groups is 1. The Morgan fingerprint density at radius 3 is 1.52 bits per heavy atom. The predicted octanol–water partition coefficient (Wildman–Crippen LogP) is 2.16. The van der Waals surface area contributed by atoms with Crippen molar-refractivity contribution in [2.24, 2.45) is 0 Å². The largest absolute Gasteiger partial charge is 1.00 e. The van der Waals surface area contributed by atoms with Gasteiger partial charge in [0.2, 0.25) is 0 Å². The third-order valence-electron chi connectivity index (χ3n) is 4.74. The predicted molar refractivity (Wildman–Crippen MR) is 100 cm³/mol. The van der Waals surface area contributed by atoms with Gasteiger partial charge in [-0.25, -0.2) is 8.42 Å². The van der Waals surface area contributed by atoms with Crippen molar-refractivity contribution in [1.29, 1.82) is 0 Å². The summed E-state index contributed by atoms with van der Waals surface area (Å²) in [4.78, 5) is 0. The second-order valence-electron chi connectivity index (χ2n) is 7.11. The van der Waals surface area contributed by atoms with Crippen LogP contribution in [0.5, 0.6) is 0 Å². The molecule has 0 aromatic rings. The van der Waals surface area contributed by atoms with Crippen LogP contribution in [0, 0.1) is 0 Å². The molecule has 2 atom stereocenters. The van der Waals surface area contributed by atoms with Crippen molar-refractivity contribution in [3.63, 3.8) is 0 Å².